The van der Waals surface area contributed by atoms with Crippen LogP contribution in [0.25, 0.3) is 21.9 Å². The molecule has 1 saturated heterocycles. The number of rotatable bonds is 6. The zero-order chi connectivity index (χ0) is 27.9. The van der Waals surface area contributed by atoms with Crippen molar-refractivity contribution in [3.05, 3.63) is 59.4 Å². The van der Waals surface area contributed by atoms with Gasteiger partial charge in [-0.1, -0.05) is 29.9 Å². The minimum Gasteiger partial charge on any atom is -0.352 e. The number of piperazine rings is 1. The molecule has 3 N–H and O–H groups in total. The number of aromatic amines is 1. The minimum atomic E-state index is -3.77. The number of fused-ring (bicyclic) bond motifs is 3. The highest BCUT2D eigenvalue weighted by molar-refractivity contribution is 7.93. The van der Waals surface area contributed by atoms with Gasteiger partial charge in [-0.3, -0.25) is 4.72 Å². The van der Waals surface area contributed by atoms with E-state index in [0.717, 1.165) is 58.9 Å². The van der Waals surface area contributed by atoms with Crippen LogP contribution in [0.2, 0.25) is 0 Å². The van der Waals surface area contributed by atoms with E-state index < -0.39 is 10.0 Å². The molecule has 2 aromatic carbocycles. The normalized spacial score (nSPS) is 14.2. The number of nitrogens with zero attached hydrogens (tertiary/aromatic N) is 6. The second-order valence-corrected chi connectivity index (χ2v) is 12.6. The van der Waals surface area contributed by atoms with E-state index in [9.17, 15) is 8.42 Å². The van der Waals surface area contributed by atoms with Gasteiger partial charge in [-0.2, -0.15) is 0 Å². The summed E-state index contributed by atoms with van der Waals surface area (Å²) in [6, 6.07) is 12.8. The predicted octanol–water partition coefficient (Wildman–Crippen LogP) is 4.15. The summed E-state index contributed by atoms with van der Waals surface area (Å²) < 4.78 is 28.0. The van der Waals surface area contributed by atoms with Gasteiger partial charge >= 0.3 is 0 Å². The summed E-state index contributed by atoms with van der Waals surface area (Å²) in [7, 11) is -3.77. The van der Waals surface area contributed by atoms with Crippen molar-refractivity contribution in [1.82, 2.24) is 30.0 Å². The Balaban J connectivity index is 1.10. The van der Waals surface area contributed by atoms with Crippen LogP contribution in [0, 0.1) is 6.92 Å². The molecule has 0 radical (unpaired) electrons. The monoisotopic (exact) mass is 593 g/mol. The second-order valence-electron chi connectivity index (χ2n) is 9.48. The molecule has 0 spiro atoms. The van der Waals surface area contributed by atoms with Gasteiger partial charge < -0.3 is 20.1 Å². The van der Waals surface area contributed by atoms with Gasteiger partial charge in [0.25, 0.3) is 10.0 Å². The number of benzene rings is 2. The molecule has 5 aromatic rings. The molecule has 1 aliphatic rings. The summed E-state index contributed by atoms with van der Waals surface area (Å²) in [4.78, 5) is 17.0. The number of sulfonamides is 1. The number of aromatic nitrogens is 5. The van der Waals surface area contributed by atoms with Gasteiger partial charge in [-0.05, 0) is 62.0 Å². The van der Waals surface area contributed by atoms with Crippen LogP contribution >= 0.6 is 23.6 Å². The Morgan fingerprint density at radius 3 is 2.58 bits per heavy atom. The van der Waals surface area contributed by atoms with Crippen LogP contribution in [0.3, 0.4) is 0 Å². The molecule has 0 atom stereocenters. The standard InChI is InChI=1S/C26H27N9O2S3/c1-3-21-31-32-25(39-21)33-40(36,37)18-7-5-17(6-8-18)29-26(38)35-12-10-34(11-13-35)24-22-19-14-16(2)4-9-20(19)30-23(22)27-15-28-24/h4-9,14-15H,3,10-13H2,1-2H3,(H,29,38)(H,32,33)(H,27,28,30). The highest BCUT2D eigenvalue weighted by atomic mass is 32.2. The zero-order valence-corrected chi connectivity index (χ0v) is 24.3. The van der Waals surface area contributed by atoms with Gasteiger partial charge in [-0.15, -0.1) is 10.2 Å². The third-order valence-corrected chi connectivity index (χ3v) is 9.63. The Bertz CT molecular complexity index is 1810. The Morgan fingerprint density at radius 2 is 1.85 bits per heavy atom. The molecule has 0 bridgehead atoms. The molecule has 3 aromatic heterocycles. The molecular formula is C26H27N9O2S3. The first-order chi connectivity index (χ1) is 19.3. The lowest BCUT2D eigenvalue weighted by molar-refractivity contribution is 0.390. The first kappa shape index (κ1) is 26.3. The molecule has 1 fully saturated rings. The fourth-order valence-electron chi connectivity index (χ4n) is 4.71. The molecular weight excluding hydrogens is 567 g/mol. The van der Waals surface area contributed by atoms with E-state index in [1.54, 1.807) is 18.5 Å². The SMILES string of the molecule is CCc1nnc(NS(=O)(=O)c2ccc(NC(=S)N3CCN(c4ncnc5[nH]c6ccc(C)cc6c45)CC3)cc2)s1. The van der Waals surface area contributed by atoms with Gasteiger partial charge in [-0.25, -0.2) is 18.4 Å². The smallest absolute Gasteiger partial charge is 0.263 e. The molecule has 14 heteroatoms. The first-order valence-corrected chi connectivity index (χ1v) is 15.5. The van der Waals surface area contributed by atoms with Crippen molar-refractivity contribution in [2.24, 2.45) is 0 Å². The Labute approximate surface area is 240 Å². The molecule has 40 heavy (non-hydrogen) atoms. The van der Waals surface area contributed by atoms with Crippen molar-refractivity contribution in [2.75, 3.05) is 41.1 Å². The van der Waals surface area contributed by atoms with Crippen molar-refractivity contribution in [3.63, 3.8) is 0 Å². The van der Waals surface area contributed by atoms with Crippen molar-refractivity contribution in [1.29, 1.82) is 0 Å². The maximum absolute atomic E-state index is 12.7. The van der Waals surface area contributed by atoms with Gasteiger partial charge in [0, 0.05) is 42.8 Å². The van der Waals surface area contributed by atoms with Crippen molar-refractivity contribution in [2.45, 2.75) is 25.2 Å². The van der Waals surface area contributed by atoms with E-state index in [1.807, 2.05) is 6.92 Å². The van der Waals surface area contributed by atoms with Crippen LogP contribution in [0.4, 0.5) is 16.6 Å². The number of anilines is 3. The maximum Gasteiger partial charge on any atom is 0.263 e. The van der Waals surface area contributed by atoms with Gasteiger partial charge in [0.05, 0.1) is 10.3 Å². The lowest BCUT2D eigenvalue weighted by Crippen LogP contribution is -2.50. The molecule has 4 heterocycles. The molecule has 0 amide bonds. The lowest BCUT2D eigenvalue weighted by atomic mass is 10.1. The maximum atomic E-state index is 12.7. The largest absolute Gasteiger partial charge is 0.352 e. The Kier molecular flexibility index (Phi) is 6.98. The number of hydrogen-bond donors (Lipinski definition) is 3. The van der Waals surface area contributed by atoms with E-state index in [-0.39, 0.29) is 10.0 Å². The summed E-state index contributed by atoms with van der Waals surface area (Å²) in [5.74, 6) is 0.922. The summed E-state index contributed by atoms with van der Waals surface area (Å²) >= 11 is 6.90. The van der Waals surface area contributed by atoms with Crippen molar-refractivity contribution < 1.29 is 8.42 Å². The fourth-order valence-corrected chi connectivity index (χ4v) is 6.92. The quantitative estimate of drug-likeness (QED) is 0.247. The van der Waals surface area contributed by atoms with E-state index in [0.29, 0.717) is 17.2 Å². The predicted molar refractivity (Wildman–Crippen MR) is 163 cm³/mol. The third-order valence-electron chi connectivity index (χ3n) is 6.80. The van der Waals surface area contributed by atoms with Crippen LogP contribution in [-0.2, 0) is 16.4 Å². The zero-order valence-electron chi connectivity index (χ0n) is 21.9. The van der Waals surface area contributed by atoms with Crippen LogP contribution in [0.1, 0.15) is 17.5 Å². The van der Waals surface area contributed by atoms with E-state index >= 15 is 0 Å². The van der Waals surface area contributed by atoms with Gasteiger partial charge in [0.15, 0.2) is 5.11 Å². The summed E-state index contributed by atoms with van der Waals surface area (Å²) in [6.45, 7) is 6.96. The number of hydrogen-bond acceptors (Lipinski definition) is 9. The molecule has 0 saturated carbocycles. The lowest BCUT2D eigenvalue weighted by Gasteiger charge is -2.37. The highest BCUT2D eigenvalue weighted by Gasteiger charge is 2.23. The van der Waals surface area contributed by atoms with Gasteiger partial charge in [0.2, 0.25) is 5.13 Å². The van der Waals surface area contributed by atoms with Crippen LogP contribution < -0.4 is 14.9 Å². The van der Waals surface area contributed by atoms with E-state index in [4.69, 9.17) is 12.2 Å². The third kappa shape index (κ3) is 5.17. The average Bonchev–Trinajstić information content (AvgIpc) is 3.57. The fraction of sp³-hybridized carbons (Fsp3) is 0.269. The molecule has 1 aliphatic heterocycles. The number of H-pyrrole nitrogens is 1. The van der Waals surface area contributed by atoms with Crippen LogP contribution in [0.15, 0.2) is 53.7 Å². The Morgan fingerprint density at radius 1 is 1.07 bits per heavy atom. The number of thiocarbonyl (C=S) groups is 1. The topological polar surface area (TPSA) is 132 Å². The summed E-state index contributed by atoms with van der Waals surface area (Å²) in [6.07, 6.45) is 2.30. The molecule has 6 rings (SSSR count). The van der Waals surface area contributed by atoms with E-state index in [2.05, 4.69) is 70.1 Å². The summed E-state index contributed by atoms with van der Waals surface area (Å²) in [5, 5.41) is 14.9. The number of nitrogens with one attached hydrogen (secondary N) is 3. The summed E-state index contributed by atoms with van der Waals surface area (Å²) in [5.41, 5.74) is 3.78. The molecule has 206 valence electrons. The first-order valence-electron chi connectivity index (χ1n) is 12.8. The average molecular weight is 594 g/mol. The van der Waals surface area contributed by atoms with Gasteiger partial charge in [0.1, 0.15) is 22.8 Å². The Hall–Kier alpha value is -3.88. The number of aryl methyl sites for hydroxylation is 2. The van der Waals surface area contributed by atoms with Crippen molar-refractivity contribution in [3.8, 4) is 0 Å². The molecule has 11 nitrogen and oxygen atoms in total. The second kappa shape index (κ2) is 10.6. The van der Waals surface area contributed by atoms with E-state index in [1.165, 1.54) is 29.0 Å². The van der Waals surface area contributed by atoms with Crippen LogP contribution in [-0.4, -0.2) is 69.8 Å². The van der Waals surface area contributed by atoms with Crippen molar-refractivity contribution >= 4 is 77.3 Å². The highest BCUT2D eigenvalue weighted by Crippen LogP contribution is 2.32. The molecule has 0 aliphatic carbocycles. The van der Waals surface area contributed by atoms with Crippen LogP contribution in [0.5, 0.6) is 0 Å². The minimum absolute atomic E-state index is 0.134. The molecule has 0 unspecified atom stereocenters.